The molecule has 180 valence electrons. The summed E-state index contributed by atoms with van der Waals surface area (Å²) < 4.78 is 10.8. The lowest BCUT2D eigenvalue weighted by Crippen LogP contribution is -2.30. The lowest BCUT2D eigenvalue weighted by molar-refractivity contribution is -0.132. The second-order valence-electron chi connectivity index (χ2n) is 8.31. The Hall–Kier alpha value is -3.77. The van der Waals surface area contributed by atoms with E-state index in [0.29, 0.717) is 29.4 Å². The number of carbonyl (C=O) groups excluding carboxylic acids is 2. The summed E-state index contributed by atoms with van der Waals surface area (Å²) in [6, 6.07) is 16.7. The summed E-state index contributed by atoms with van der Waals surface area (Å²) >= 11 is 6.41. The molecule has 0 saturated carbocycles. The van der Waals surface area contributed by atoms with Crippen molar-refractivity contribution >= 4 is 34.7 Å². The maximum Gasteiger partial charge on any atom is 0.300 e. The number of Topliss-reactive ketones (excluding diaryl/α,β-unsaturated/α-hetero) is 1. The number of aliphatic hydroxyl groups is 1. The van der Waals surface area contributed by atoms with E-state index in [1.807, 2.05) is 39.0 Å². The van der Waals surface area contributed by atoms with Gasteiger partial charge in [0.25, 0.3) is 11.7 Å². The van der Waals surface area contributed by atoms with Gasteiger partial charge in [0.15, 0.2) is 0 Å². The summed E-state index contributed by atoms with van der Waals surface area (Å²) in [7, 11) is 1.56. The van der Waals surface area contributed by atoms with Crippen molar-refractivity contribution in [3.63, 3.8) is 0 Å². The number of methoxy groups -OCH3 is 1. The average molecular weight is 492 g/mol. The molecule has 0 aromatic heterocycles. The first-order chi connectivity index (χ1) is 16.8. The number of rotatable bonds is 6. The number of hydrogen-bond acceptors (Lipinski definition) is 5. The SMILES string of the molecule is CCOc1ccc(Cl)c(/C(O)=C2\C(=O)C(=O)N(c3cc(C)ccc3C)C2c2ccc(OC)cc2)c1. The van der Waals surface area contributed by atoms with Crippen LogP contribution in [0.2, 0.25) is 5.02 Å². The van der Waals surface area contributed by atoms with E-state index >= 15 is 0 Å². The Balaban J connectivity index is 1.98. The molecule has 0 bridgehead atoms. The highest BCUT2D eigenvalue weighted by atomic mass is 35.5. The van der Waals surface area contributed by atoms with Crippen LogP contribution in [-0.2, 0) is 9.59 Å². The number of halogens is 1. The Bertz CT molecular complexity index is 1330. The first-order valence-corrected chi connectivity index (χ1v) is 11.6. The molecule has 1 aliphatic rings. The number of nitrogens with zero attached hydrogens (tertiary/aromatic N) is 1. The van der Waals surface area contributed by atoms with Crippen molar-refractivity contribution in [1.29, 1.82) is 0 Å². The fourth-order valence-electron chi connectivity index (χ4n) is 4.25. The maximum atomic E-state index is 13.4. The quantitative estimate of drug-likeness (QED) is 0.260. The lowest BCUT2D eigenvalue weighted by atomic mass is 9.94. The van der Waals surface area contributed by atoms with Gasteiger partial charge < -0.3 is 14.6 Å². The van der Waals surface area contributed by atoms with E-state index in [1.165, 1.54) is 4.90 Å². The number of benzene rings is 3. The standard InChI is InChI=1S/C28H26ClNO5/c1-5-35-20-12-13-22(29)21(15-20)26(31)24-25(18-8-10-19(34-4)11-9-18)30(28(33)27(24)32)23-14-16(2)6-7-17(23)3/h6-15,25,31H,5H2,1-4H3/b26-24+. The molecule has 1 heterocycles. The third kappa shape index (κ3) is 4.49. The molecule has 1 saturated heterocycles. The predicted octanol–water partition coefficient (Wildman–Crippen LogP) is 5.99. The second-order valence-corrected chi connectivity index (χ2v) is 8.71. The van der Waals surface area contributed by atoms with E-state index in [0.717, 1.165) is 11.1 Å². The molecule has 1 aliphatic heterocycles. The first-order valence-electron chi connectivity index (χ1n) is 11.2. The monoisotopic (exact) mass is 491 g/mol. The van der Waals surface area contributed by atoms with E-state index in [4.69, 9.17) is 21.1 Å². The van der Waals surface area contributed by atoms with Crippen molar-refractivity contribution in [3.8, 4) is 11.5 Å². The summed E-state index contributed by atoms with van der Waals surface area (Å²) in [5, 5.41) is 11.7. The lowest BCUT2D eigenvalue weighted by Gasteiger charge is -2.27. The van der Waals surface area contributed by atoms with E-state index in [2.05, 4.69) is 0 Å². The number of carbonyl (C=O) groups is 2. The summed E-state index contributed by atoms with van der Waals surface area (Å²) in [6.07, 6.45) is 0. The van der Waals surface area contributed by atoms with Crippen molar-refractivity contribution in [2.75, 3.05) is 18.6 Å². The van der Waals surface area contributed by atoms with E-state index < -0.39 is 17.7 Å². The third-order valence-electron chi connectivity index (χ3n) is 6.00. The van der Waals surface area contributed by atoms with Gasteiger partial charge in [-0.25, -0.2) is 0 Å². The Labute approximate surface area is 209 Å². The van der Waals surface area contributed by atoms with Gasteiger partial charge >= 0.3 is 0 Å². The minimum Gasteiger partial charge on any atom is -0.507 e. The highest BCUT2D eigenvalue weighted by Gasteiger charge is 2.47. The maximum absolute atomic E-state index is 13.4. The molecule has 35 heavy (non-hydrogen) atoms. The van der Waals surface area contributed by atoms with E-state index in [1.54, 1.807) is 49.6 Å². The molecule has 1 unspecified atom stereocenters. The minimum absolute atomic E-state index is 0.0448. The zero-order valence-electron chi connectivity index (χ0n) is 20.0. The van der Waals surface area contributed by atoms with E-state index in [-0.39, 0.29) is 21.9 Å². The van der Waals surface area contributed by atoms with Crippen LogP contribution in [0, 0.1) is 13.8 Å². The zero-order valence-corrected chi connectivity index (χ0v) is 20.7. The van der Waals surface area contributed by atoms with Gasteiger partial charge in [0.05, 0.1) is 30.4 Å². The number of ether oxygens (including phenoxy) is 2. The van der Waals surface area contributed by atoms with Gasteiger partial charge in [-0.3, -0.25) is 14.5 Å². The van der Waals surface area contributed by atoms with Crippen molar-refractivity contribution < 1.29 is 24.2 Å². The number of aryl methyl sites for hydroxylation is 2. The van der Waals surface area contributed by atoms with Crippen LogP contribution in [0.5, 0.6) is 11.5 Å². The fraction of sp³-hybridized carbons (Fsp3) is 0.214. The Kier molecular flexibility index (Phi) is 6.85. The predicted molar refractivity (Wildman–Crippen MR) is 136 cm³/mol. The van der Waals surface area contributed by atoms with Gasteiger partial charge in [-0.1, -0.05) is 35.9 Å². The molecular weight excluding hydrogens is 466 g/mol. The van der Waals surface area contributed by atoms with Crippen molar-refractivity contribution in [2.24, 2.45) is 0 Å². The molecule has 1 amide bonds. The summed E-state index contributed by atoms with van der Waals surface area (Å²) in [5.74, 6) is -0.753. The normalized spacial score (nSPS) is 17.1. The molecule has 0 spiro atoms. The molecule has 0 radical (unpaired) electrons. The Morgan fingerprint density at radius 1 is 1.00 bits per heavy atom. The highest BCUT2D eigenvalue weighted by Crippen LogP contribution is 2.44. The summed E-state index contributed by atoms with van der Waals surface area (Å²) in [5.41, 5.74) is 3.18. The number of hydrogen-bond donors (Lipinski definition) is 1. The van der Waals surface area contributed by atoms with Gasteiger partial charge in [-0.15, -0.1) is 0 Å². The molecule has 7 heteroatoms. The number of anilines is 1. The molecule has 6 nitrogen and oxygen atoms in total. The Morgan fingerprint density at radius 2 is 1.69 bits per heavy atom. The first kappa shape index (κ1) is 24.4. The molecule has 0 aliphatic carbocycles. The van der Waals surface area contributed by atoms with Crippen LogP contribution in [0.3, 0.4) is 0 Å². The van der Waals surface area contributed by atoms with Crippen LogP contribution in [0.1, 0.15) is 35.2 Å². The molecule has 3 aromatic rings. The van der Waals surface area contributed by atoms with Crippen LogP contribution in [-0.4, -0.2) is 30.5 Å². The van der Waals surface area contributed by atoms with Gasteiger partial charge in [0.2, 0.25) is 0 Å². The largest absolute Gasteiger partial charge is 0.507 e. The van der Waals surface area contributed by atoms with Crippen LogP contribution in [0.25, 0.3) is 5.76 Å². The van der Waals surface area contributed by atoms with Gasteiger partial charge in [-0.2, -0.15) is 0 Å². The molecule has 3 aromatic carbocycles. The third-order valence-corrected chi connectivity index (χ3v) is 6.33. The van der Waals surface area contributed by atoms with Crippen molar-refractivity contribution in [3.05, 3.63) is 93.5 Å². The number of aliphatic hydroxyl groups excluding tert-OH is 1. The van der Waals surface area contributed by atoms with E-state index in [9.17, 15) is 14.7 Å². The topological polar surface area (TPSA) is 76.1 Å². The van der Waals surface area contributed by atoms with Gasteiger partial charge in [0, 0.05) is 11.3 Å². The summed E-state index contributed by atoms with van der Waals surface area (Å²) in [4.78, 5) is 28.3. The molecule has 1 atom stereocenters. The average Bonchev–Trinajstić information content (AvgIpc) is 3.12. The fourth-order valence-corrected chi connectivity index (χ4v) is 4.46. The molecular formula is C28H26ClNO5. The van der Waals surface area contributed by atoms with Crippen molar-refractivity contribution in [1.82, 2.24) is 0 Å². The molecule has 1 N–H and O–H groups in total. The number of amides is 1. The zero-order chi connectivity index (χ0) is 25.3. The molecule has 4 rings (SSSR count). The second kappa shape index (κ2) is 9.84. The summed E-state index contributed by atoms with van der Waals surface area (Å²) in [6.45, 7) is 6.06. The van der Waals surface area contributed by atoms with Crippen LogP contribution in [0.15, 0.2) is 66.2 Å². The van der Waals surface area contributed by atoms with Crippen LogP contribution in [0.4, 0.5) is 5.69 Å². The van der Waals surface area contributed by atoms with Crippen LogP contribution < -0.4 is 14.4 Å². The molecule has 1 fully saturated rings. The smallest absolute Gasteiger partial charge is 0.300 e. The Morgan fingerprint density at radius 3 is 2.34 bits per heavy atom. The minimum atomic E-state index is -0.867. The van der Waals surface area contributed by atoms with Gasteiger partial charge in [0.1, 0.15) is 17.3 Å². The van der Waals surface area contributed by atoms with Crippen molar-refractivity contribution in [2.45, 2.75) is 26.8 Å². The van der Waals surface area contributed by atoms with Crippen LogP contribution >= 0.6 is 11.6 Å². The highest BCUT2D eigenvalue weighted by molar-refractivity contribution is 6.52. The number of ketones is 1. The van der Waals surface area contributed by atoms with Gasteiger partial charge in [-0.05, 0) is 73.9 Å².